The van der Waals surface area contributed by atoms with Gasteiger partial charge in [0.05, 0.1) is 6.20 Å². The van der Waals surface area contributed by atoms with Crippen LogP contribution in [-0.4, -0.2) is 14.8 Å². The summed E-state index contributed by atoms with van der Waals surface area (Å²) >= 11 is 0. The summed E-state index contributed by atoms with van der Waals surface area (Å²) in [5, 5.41) is 5.32. The van der Waals surface area contributed by atoms with Crippen molar-refractivity contribution in [1.82, 2.24) is 14.8 Å². The van der Waals surface area contributed by atoms with Crippen molar-refractivity contribution < 1.29 is 0 Å². The minimum Gasteiger partial charge on any atom is -0.382 e. The van der Waals surface area contributed by atoms with Crippen molar-refractivity contribution in [1.29, 1.82) is 0 Å². The number of aromatic nitrogens is 3. The first-order valence-corrected chi connectivity index (χ1v) is 4.98. The Bertz CT molecular complexity index is 505. The first-order chi connectivity index (χ1) is 6.91. The summed E-state index contributed by atoms with van der Waals surface area (Å²) in [5.41, 5.74) is 8.00. The second-order valence-electron chi connectivity index (χ2n) is 4.84. The Morgan fingerprint density at radius 2 is 1.93 bits per heavy atom. The second kappa shape index (κ2) is 2.95. The van der Waals surface area contributed by atoms with Gasteiger partial charge in [0.1, 0.15) is 11.3 Å². The van der Waals surface area contributed by atoms with Crippen LogP contribution in [0.4, 0.5) is 5.82 Å². The number of nitrogen functional groups attached to an aromatic ring is 1. The quantitative estimate of drug-likeness (QED) is 0.712. The van der Waals surface area contributed by atoms with E-state index in [-0.39, 0.29) is 5.41 Å². The molecular weight excluding hydrogens is 188 g/mol. The lowest BCUT2D eigenvalue weighted by atomic mass is 9.86. The predicted molar refractivity (Wildman–Crippen MR) is 61.6 cm³/mol. The Morgan fingerprint density at radius 1 is 1.27 bits per heavy atom. The van der Waals surface area contributed by atoms with Gasteiger partial charge in [-0.2, -0.15) is 5.10 Å². The number of nitrogens with zero attached hydrogens (tertiary/aromatic N) is 3. The molecule has 0 radical (unpaired) electrons. The van der Waals surface area contributed by atoms with Crippen LogP contribution in [0, 0.1) is 0 Å². The minimum absolute atomic E-state index is 0.0575. The highest BCUT2D eigenvalue weighted by Crippen LogP contribution is 2.30. The van der Waals surface area contributed by atoms with Crippen LogP contribution in [0.1, 0.15) is 26.3 Å². The molecule has 2 heterocycles. The Hall–Kier alpha value is -1.58. The molecule has 0 unspecified atom stereocenters. The lowest BCUT2D eigenvalue weighted by Crippen LogP contribution is -2.12. The number of hydrogen-bond donors (Lipinski definition) is 1. The molecule has 0 aliphatic carbocycles. The average molecular weight is 204 g/mol. The van der Waals surface area contributed by atoms with Gasteiger partial charge in [0.25, 0.3) is 0 Å². The largest absolute Gasteiger partial charge is 0.382 e. The number of rotatable bonds is 0. The third-order valence-corrected chi connectivity index (χ3v) is 2.61. The van der Waals surface area contributed by atoms with Crippen LogP contribution >= 0.6 is 0 Å². The fraction of sp³-hybridized carbons (Fsp3) is 0.455. The van der Waals surface area contributed by atoms with Crippen LogP contribution in [0.25, 0.3) is 10.9 Å². The van der Waals surface area contributed by atoms with Crippen LogP contribution in [-0.2, 0) is 12.5 Å². The number of fused-ring (bicyclic) bond motifs is 1. The van der Waals surface area contributed by atoms with E-state index in [0.29, 0.717) is 5.82 Å². The molecule has 4 heteroatoms. The van der Waals surface area contributed by atoms with Gasteiger partial charge in [0.15, 0.2) is 0 Å². The smallest absolute Gasteiger partial charge is 0.149 e. The topological polar surface area (TPSA) is 56.7 Å². The van der Waals surface area contributed by atoms with E-state index in [1.807, 2.05) is 19.4 Å². The molecule has 80 valence electrons. The molecule has 0 saturated heterocycles. The van der Waals surface area contributed by atoms with E-state index in [2.05, 4.69) is 30.9 Å². The number of anilines is 1. The Morgan fingerprint density at radius 3 is 2.53 bits per heavy atom. The van der Waals surface area contributed by atoms with Gasteiger partial charge >= 0.3 is 0 Å². The van der Waals surface area contributed by atoms with Crippen molar-refractivity contribution in [3.05, 3.63) is 18.0 Å². The minimum atomic E-state index is 0.0575. The molecule has 0 fully saturated rings. The third-order valence-electron chi connectivity index (χ3n) is 2.61. The van der Waals surface area contributed by atoms with E-state index in [9.17, 15) is 0 Å². The van der Waals surface area contributed by atoms with Crippen molar-refractivity contribution >= 4 is 16.7 Å². The summed E-state index contributed by atoms with van der Waals surface area (Å²) in [6.07, 6.45) is 3.70. The predicted octanol–water partition coefficient (Wildman–Crippen LogP) is 1.85. The summed E-state index contributed by atoms with van der Waals surface area (Å²) in [7, 11) is 1.88. The molecule has 2 rings (SSSR count). The molecule has 15 heavy (non-hydrogen) atoms. The van der Waals surface area contributed by atoms with Gasteiger partial charge in [-0.3, -0.25) is 4.68 Å². The lowest BCUT2D eigenvalue weighted by molar-refractivity contribution is 0.593. The number of nitrogens with two attached hydrogens (primary N) is 1. The highest BCUT2D eigenvalue weighted by Gasteiger charge is 2.20. The maximum absolute atomic E-state index is 5.84. The summed E-state index contributed by atoms with van der Waals surface area (Å²) < 4.78 is 1.77. The summed E-state index contributed by atoms with van der Waals surface area (Å²) in [4.78, 5) is 4.22. The molecule has 0 bridgehead atoms. The first-order valence-electron chi connectivity index (χ1n) is 4.98. The van der Waals surface area contributed by atoms with Gasteiger partial charge in [-0.25, -0.2) is 4.98 Å². The van der Waals surface area contributed by atoms with E-state index >= 15 is 0 Å². The normalized spacial score (nSPS) is 12.3. The zero-order valence-electron chi connectivity index (χ0n) is 9.57. The third kappa shape index (κ3) is 1.46. The van der Waals surface area contributed by atoms with Crippen molar-refractivity contribution in [2.45, 2.75) is 26.2 Å². The highest BCUT2D eigenvalue weighted by atomic mass is 15.3. The zero-order valence-corrected chi connectivity index (χ0v) is 9.57. The van der Waals surface area contributed by atoms with E-state index in [1.54, 1.807) is 4.68 Å². The van der Waals surface area contributed by atoms with Gasteiger partial charge in [-0.15, -0.1) is 0 Å². The molecule has 4 nitrogen and oxygen atoms in total. The van der Waals surface area contributed by atoms with E-state index < -0.39 is 0 Å². The fourth-order valence-electron chi connectivity index (χ4n) is 1.80. The van der Waals surface area contributed by atoms with Crippen molar-refractivity contribution in [3.63, 3.8) is 0 Å². The van der Waals surface area contributed by atoms with Crippen LogP contribution in [0.2, 0.25) is 0 Å². The van der Waals surface area contributed by atoms with Crippen LogP contribution in [0.5, 0.6) is 0 Å². The Labute approximate surface area is 89.1 Å². The summed E-state index contributed by atoms with van der Waals surface area (Å²) in [5.74, 6) is 0.540. The molecule has 0 amide bonds. The zero-order chi connectivity index (χ0) is 11.2. The van der Waals surface area contributed by atoms with Gasteiger partial charge in [0.2, 0.25) is 0 Å². The Kier molecular flexibility index (Phi) is 1.96. The van der Waals surface area contributed by atoms with Crippen LogP contribution in [0.3, 0.4) is 0 Å². The van der Waals surface area contributed by atoms with Crippen molar-refractivity contribution in [2.75, 3.05) is 5.73 Å². The van der Waals surface area contributed by atoms with Crippen LogP contribution < -0.4 is 5.73 Å². The second-order valence-corrected chi connectivity index (χ2v) is 4.84. The summed E-state index contributed by atoms with van der Waals surface area (Å²) in [6.45, 7) is 6.48. The molecular formula is C11H16N4. The number of hydrogen-bond acceptors (Lipinski definition) is 3. The van der Waals surface area contributed by atoms with Crippen molar-refractivity contribution in [3.8, 4) is 0 Å². The van der Waals surface area contributed by atoms with Gasteiger partial charge < -0.3 is 5.73 Å². The molecule has 2 aromatic rings. The lowest BCUT2D eigenvalue weighted by Gasteiger charge is -2.19. The fourth-order valence-corrected chi connectivity index (χ4v) is 1.80. The first kappa shape index (κ1) is 9.96. The van der Waals surface area contributed by atoms with Gasteiger partial charge in [-0.05, 0) is 11.0 Å². The molecule has 0 aromatic carbocycles. The number of pyridine rings is 1. The molecule has 2 aromatic heterocycles. The summed E-state index contributed by atoms with van der Waals surface area (Å²) in [6, 6.07) is 0. The monoisotopic (exact) mass is 204 g/mol. The molecule has 0 aliphatic rings. The molecule has 0 aliphatic heterocycles. The standard InChI is InChI=1S/C11H16N4/c1-11(2,3)8-6-13-10(12)9-7(8)5-14-15(9)4/h5-6H,1-4H3,(H2,12,13). The molecule has 2 N–H and O–H groups in total. The van der Waals surface area contributed by atoms with Crippen LogP contribution in [0.15, 0.2) is 12.4 Å². The molecule has 0 atom stereocenters. The van der Waals surface area contributed by atoms with Crippen molar-refractivity contribution in [2.24, 2.45) is 7.05 Å². The highest BCUT2D eigenvalue weighted by molar-refractivity contribution is 5.90. The Balaban J connectivity index is 2.85. The van der Waals surface area contributed by atoms with E-state index in [1.165, 1.54) is 5.56 Å². The average Bonchev–Trinajstić information content (AvgIpc) is 2.47. The van der Waals surface area contributed by atoms with Gasteiger partial charge in [-0.1, -0.05) is 20.8 Å². The van der Waals surface area contributed by atoms with E-state index in [0.717, 1.165) is 10.9 Å². The van der Waals surface area contributed by atoms with Gasteiger partial charge in [0, 0.05) is 18.6 Å². The van der Waals surface area contributed by atoms with E-state index in [4.69, 9.17) is 5.73 Å². The maximum Gasteiger partial charge on any atom is 0.149 e. The maximum atomic E-state index is 5.84. The molecule has 0 saturated carbocycles. The molecule has 0 spiro atoms. The number of aryl methyl sites for hydroxylation is 1. The SMILES string of the molecule is Cn1ncc2c(C(C)(C)C)cnc(N)c21.